The molecule has 6 heteroatoms. The minimum Gasteiger partial charge on any atom is -0.490 e. The number of hydrogen-bond acceptors (Lipinski definition) is 4. The van der Waals surface area contributed by atoms with Gasteiger partial charge in [-0.05, 0) is 17.7 Å². The number of nitrogens with zero attached hydrogens (tertiary/aromatic N) is 1. The fourth-order valence-corrected chi connectivity index (χ4v) is 1.64. The van der Waals surface area contributed by atoms with Gasteiger partial charge in [-0.3, -0.25) is 10.1 Å². The second-order valence-corrected chi connectivity index (χ2v) is 4.07. The van der Waals surface area contributed by atoms with Gasteiger partial charge in [0, 0.05) is 12.1 Å². The number of benzene rings is 1. The molecule has 17 heavy (non-hydrogen) atoms. The molecule has 0 amide bonds. The minimum absolute atomic E-state index is 0.0950. The van der Waals surface area contributed by atoms with Gasteiger partial charge in [-0.15, -0.1) is 0 Å². The molecule has 0 bridgehead atoms. The van der Waals surface area contributed by atoms with Gasteiger partial charge in [-0.1, -0.05) is 23.8 Å². The van der Waals surface area contributed by atoms with E-state index in [0.29, 0.717) is 16.3 Å². The number of hydrogen-bond donors (Lipinski definition) is 1. The molecule has 0 N–H and O–H groups in total. The van der Waals surface area contributed by atoms with Crippen molar-refractivity contribution in [1.29, 1.82) is 0 Å². The molecule has 0 aliphatic carbocycles. The van der Waals surface area contributed by atoms with E-state index in [-0.39, 0.29) is 11.4 Å². The van der Waals surface area contributed by atoms with Crippen molar-refractivity contribution in [3.63, 3.8) is 0 Å². The van der Waals surface area contributed by atoms with E-state index in [2.05, 4.69) is 12.6 Å². The molecule has 0 unspecified atom stereocenters. The summed E-state index contributed by atoms with van der Waals surface area (Å²) in [5.74, 6) is 0.873. The monoisotopic (exact) mass is 273 g/mol. The average molecular weight is 274 g/mol. The Hall–Kier alpha value is -1.20. The molecule has 0 saturated heterocycles. The molecule has 0 aliphatic heterocycles. The average Bonchev–Trinajstić information content (AvgIpc) is 2.30. The summed E-state index contributed by atoms with van der Waals surface area (Å²) in [6.07, 6.45) is 4.38. The third kappa shape index (κ3) is 3.64. The Labute approximate surface area is 110 Å². The number of methoxy groups -OCH3 is 1. The molecule has 0 aromatic heterocycles. The Bertz CT molecular complexity index is 449. The van der Waals surface area contributed by atoms with Crippen LogP contribution in [0.5, 0.6) is 5.75 Å². The highest BCUT2D eigenvalue weighted by Crippen LogP contribution is 2.33. The predicted octanol–water partition coefficient (Wildman–Crippen LogP) is 3.59. The van der Waals surface area contributed by atoms with Crippen LogP contribution in [0.1, 0.15) is 12.0 Å². The molecule has 1 aromatic rings. The minimum atomic E-state index is -0.495. The predicted molar refractivity (Wildman–Crippen MR) is 72.2 cm³/mol. The van der Waals surface area contributed by atoms with Crippen molar-refractivity contribution in [2.24, 2.45) is 0 Å². The van der Waals surface area contributed by atoms with E-state index < -0.39 is 4.92 Å². The highest BCUT2D eigenvalue weighted by molar-refractivity contribution is 7.80. The highest BCUT2D eigenvalue weighted by Gasteiger charge is 2.17. The van der Waals surface area contributed by atoms with Crippen LogP contribution in [0.25, 0.3) is 6.08 Å². The second-order valence-electron chi connectivity index (χ2n) is 3.22. The van der Waals surface area contributed by atoms with Gasteiger partial charge in [-0.2, -0.15) is 12.6 Å². The van der Waals surface area contributed by atoms with Crippen molar-refractivity contribution >= 4 is 36.0 Å². The zero-order valence-electron chi connectivity index (χ0n) is 9.22. The van der Waals surface area contributed by atoms with Crippen LogP contribution in [0.3, 0.4) is 0 Å². The van der Waals surface area contributed by atoms with Crippen LogP contribution in [0.15, 0.2) is 18.2 Å². The van der Waals surface area contributed by atoms with Crippen LogP contribution >= 0.6 is 24.2 Å². The standard InChI is InChI=1S/C11H12ClNO3S/c1-16-11-7-9(12)8(4-2-3-5-17)6-10(11)13(14)15/h2,4,6-7,17H,3,5H2,1H3. The number of ether oxygens (including phenoxy) is 1. The molecule has 0 aliphatic rings. The maximum atomic E-state index is 10.8. The van der Waals surface area contributed by atoms with Gasteiger partial charge < -0.3 is 4.74 Å². The van der Waals surface area contributed by atoms with Crippen molar-refractivity contribution < 1.29 is 9.66 Å². The first kappa shape index (κ1) is 13.9. The second kappa shape index (κ2) is 6.51. The first-order valence-corrected chi connectivity index (χ1v) is 5.90. The van der Waals surface area contributed by atoms with E-state index in [1.54, 1.807) is 6.08 Å². The summed E-state index contributed by atoms with van der Waals surface area (Å²) in [5.41, 5.74) is 0.503. The van der Waals surface area contributed by atoms with Gasteiger partial charge in [0.25, 0.3) is 0 Å². The van der Waals surface area contributed by atoms with E-state index >= 15 is 0 Å². The number of allylic oxidation sites excluding steroid dienone is 1. The molecule has 92 valence electrons. The molecular weight excluding hydrogens is 262 g/mol. The number of rotatable bonds is 5. The first-order chi connectivity index (χ1) is 8.10. The summed E-state index contributed by atoms with van der Waals surface area (Å²) in [6, 6.07) is 2.84. The first-order valence-electron chi connectivity index (χ1n) is 4.89. The summed E-state index contributed by atoms with van der Waals surface area (Å²) in [7, 11) is 1.37. The topological polar surface area (TPSA) is 52.4 Å². The molecule has 4 nitrogen and oxygen atoms in total. The quantitative estimate of drug-likeness (QED) is 0.507. The molecule has 0 radical (unpaired) electrons. The Balaban J connectivity index is 3.15. The van der Waals surface area contributed by atoms with E-state index in [1.165, 1.54) is 19.2 Å². The van der Waals surface area contributed by atoms with E-state index in [1.807, 2.05) is 6.08 Å². The van der Waals surface area contributed by atoms with Gasteiger partial charge >= 0.3 is 5.69 Å². The number of nitro groups is 1. The van der Waals surface area contributed by atoms with Crippen LogP contribution in [-0.2, 0) is 0 Å². The summed E-state index contributed by atoms with van der Waals surface area (Å²) in [6.45, 7) is 0. The Morgan fingerprint density at radius 2 is 2.29 bits per heavy atom. The highest BCUT2D eigenvalue weighted by atomic mass is 35.5. The molecule has 0 atom stereocenters. The molecule has 0 heterocycles. The van der Waals surface area contributed by atoms with Gasteiger partial charge in [0.15, 0.2) is 5.75 Å². The maximum absolute atomic E-state index is 10.8. The summed E-state index contributed by atoms with van der Waals surface area (Å²) < 4.78 is 4.91. The molecule has 1 aromatic carbocycles. The molecule has 0 saturated carbocycles. The van der Waals surface area contributed by atoms with Gasteiger partial charge in [-0.25, -0.2) is 0 Å². The van der Waals surface area contributed by atoms with Crippen molar-refractivity contribution in [1.82, 2.24) is 0 Å². The third-order valence-electron chi connectivity index (χ3n) is 2.09. The zero-order valence-corrected chi connectivity index (χ0v) is 10.9. The maximum Gasteiger partial charge on any atom is 0.311 e. The van der Waals surface area contributed by atoms with Crippen molar-refractivity contribution in [3.05, 3.63) is 38.9 Å². The third-order valence-corrected chi connectivity index (χ3v) is 2.67. The Morgan fingerprint density at radius 1 is 1.59 bits per heavy atom. The zero-order chi connectivity index (χ0) is 12.8. The number of halogens is 1. The smallest absolute Gasteiger partial charge is 0.311 e. The number of nitro benzene ring substituents is 1. The van der Waals surface area contributed by atoms with Crippen molar-refractivity contribution in [3.8, 4) is 5.75 Å². The molecule has 1 rings (SSSR count). The lowest BCUT2D eigenvalue weighted by molar-refractivity contribution is -0.385. The fraction of sp³-hybridized carbons (Fsp3) is 0.273. The Morgan fingerprint density at radius 3 is 2.82 bits per heavy atom. The lowest BCUT2D eigenvalue weighted by atomic mass is 10.1. The normalized spacial score (nSPS) is 10.8. The van der Waals surface area contributed by atoms with Gasteiger partial charge in [0.1, 0.15) is 0 Å². The van der Waals surface area contributed by atoms with E-state index in [4.69, 9.17) is 16.3 Å². The number of thiol groups is 1. The van der Waals surface area contributed by atoms with Crippen LogP contribution in [0.2, 0.25) is 5.02 Å². The summed E-state index contributed by atoms with van der Waals surface area (Å²) in [5, 5.41) is 11.2. The molecule has 0 spiro atoms. The van der Waals surface area contributed by atoms with Crippen LogP contribution in [0, 0.1) is 10.1 Å². The Kier molecular flexibility index (Phi) is 5.31. The van der Waals surface area contributed by atoms with Crippen LogP contribution in [-0.4, -0.2) is 17.8 Å². The van der Waals surface area contributed by atoms with Gasteiger partial charge in [0.05, 0.1) is 17.1 Å². The van der Waals surface area contributed by atoms with Crippen LogP contribution < -0.4 is 4.74 Å². The van der Waals surface area contributed by atoms with E-state index in [9.17, 15) is 10.1 Å². The summed E-state index contributed by atoms with van der Waals surface area (Å²) in [4.78, 5) is 10.3. The fourth-order valence-electron chi connectivity index (χ4n) is 1.28. The largest absolute Gasteiger partial charge is 0.490 e. The molecular formula is C11H12ClNO3S. The lowest BCUT2D eigenvalue weighted by Crippen LogP contribution is -1.94. The van der Waals surface area contributed by atoms with Crippen LogP contribution in [0.4, 0.5) is 5.69 Å². The summed E-state index contributed by atoms with van der Waals surface area (Å²) >= 11 is 10.1. The lowest BCUT2D eigenvalue weighted by Gasteiger charge is -2.04. The molecule has 0 fully saturated rings. The van der Waals surface area contributed by atoms with Gasteiger partial charge in [0.2, 0.25) is 0 Å². The van der Waals surface area contributed by atoms with Crippen molar-refractivity contribution in [2.75, 3.05) is 12.9 Å². The SMILES string of the molecule is COc1cc(Cl)c(C=CCCS)cc1[N+](=O)[O-]. The van der Waals surface area contributed by atoms with E-state index in [0.717, 1.165) is 6.42 Å². The van der Waals surface area contributed by atoms with Crippen molar-refractivity contribution in [2.45, 2.75) is 6.42 Å².